The minimum absolute atomic E-state index is 0.360. The van der Waals surface area contributed by atoms with E-state index >= 15 is 0 Å². The number of aryl methyl sites for hydroxylation is 1. The highest BCUT2D eigenvalue weighted by Gasteiger charge is 2.07. The first-order valence-electron chi connectivity index (χ1n) is 7.11. The fourth-order valence-corrected chi connectivity index (χ4v) is 2.55. The van der Waals surface area contributed by atoms with Crippen LogP contribution >= 0.6 is 27.5 Å². The van der Waals surface area contributed by atoms with Crippen LogP contribution in [0, 0.1) is 6.92 Å². The van der Waals surface area contributed by atoms with Gasteiger partial charge in [-0.1, -0.05) is 45.7 Å². The maximum absolute atomic E-state index is 11.8. The number of anilines is 1. The maximum Gasteiger partial charge on any atom is 0.331 e. The zero-order valence-electron chi connectivity index (χ0n) is 12.9. The number of benzene rings is 2. The van der Waals surface area contributed by atoms with Gasteiger partial charge in [0.2, 0.25) is 0 Å². The van der Waals surface area contributed by atoms with Gasteiger partial charge in [-0.25, -0.2) is 4.79 Å². The maximum atomic E-state index is 11.8. The molecule has 0 atom stereocenters. The van der Waals surface area contributed by atoms with Gasteiger partial charge >= 0.3 is 5.97 Å². The summed E-state index contributed by atoms with van der Waals surface area (Å²) in [4.78, 5) is 23.5. The van der Waals surface area contributed by atoms with Gasteiger partial charge in [0.05, 0.1) is 0 Å². The van der Waals surface area contributed by atoms with Crippen molar-refractivity contribution in [3.05, 3.63) is 69.2 Å². The molecule has 0 radical (unpaired) electrons. The number of hydrogen-bond donors (Lipinski definition) is 1. The Labute approximate surface area is 153 Å². The number of nitrogens with one attached hydrogen (secondary N) is 1. The van der Waals surface area contributed by atoms with Crippen molar-refractivity contribution < 1.29 is 14.3 Å². The van der Waals surface area contributed by atoms with Crippen molar-refractivity contribution in [1.82, 2.24) is 0 Å². The quantitative estimate of drug-likeness (QED) is 0.581. The molecule has 0 spiro atoms. The molecule has 0 unspecified atom stereocenters. The highest BCUT2D eigenvalue weighted by Crippen LogP contribution is 2.19. The van der Waals surface area contributed by atoms with Gasteiger partial charge in [0.25, 0.3) is 5.91 Å². The van der Waals surface area contributed by atoms with Crippen LogP contribution in [-0.4, -0.2) is 18.5 Å². The van der Waals surface area contributed by atoms with E-state index in [1.54, 1.807) is 24.3 Å². The van der Waals surface area contributed by atoms with Crippen LogP contribution in [0.1, 0.15) is 11.1 Å². The van der Waals surface area contributed by atoms with Crippen molar-refractivity contribution >= 4 is 51.2 Å². The van der Waals surface area contributed by atoms with Crippen LogP contribution in [0.3, 0.4) is 0 Å². The van der Waals surface area contributed by atoms with Crippen molar-refractivity contribution in [3.8, 4) is 0 Å². The molecule has 0 saturated carbocycles. The van der Waals surface area contributed by atoms with E-state index in [1.807, 2.05) is 31.2 Å². The molecule has 0 aromatic heterocycles. The molecule has 1 N–H and O–H groups in total. The van der Waals surface area contributed by atoms with Crippen LogP contribution in [0.4, 0.5) is 5.69 Å². The van der Waals surface area contributed by atoms with Gasteiger partial charge in [-0.15, -0.1) is 0 Å². The van der Waals surface area contributed by atoms with Gasteiger partial charge in [0.1, 0.15) is 0 Å². The van der Waals surface area contributed by atoms with Crippen molar-refractivity contribution in [2.24, 2.45) is 0 Å². The third-order valence-corrected chi connectivity index (χ3v) is 4.07. The molecule has 0 aliphatic heterocycles. The number of amides is 1. The molecule has 0 aliphatic carbocycles. The van der Waals surface area contributed by atoms with Crippen molar-refractivity contribution in [2.75, 3.05) is 11.9 Å². The van der Waals surface area contributed by atoms with Gasteiger partial charge in [-0.05, 0) is 48.4 Å². The van der Waals surface area contributed by atoms with E-state index in [0.717, 1.165) is 15.6 Å². The fraction of sp³-hybridized carbons (Fsp3) is 0.111. The van der Waals surface area contributed by atoms with Crippen molar-refractivity contribution in [2.45, 2.75) is 6.92 Å². The van der Waals surface area contributed by atoms with Crippen LogP contribution in [0.2, 0.25) is 5.02 Å². The zero-order chi connectivity index (χ0) is 17.5. The second-order valence-electron chi connectivity index (χ2n) is 4.97. The number of hydrogen-bond acceptors (Lipinski definition) is 3. The molecule has 0 heterocycles. The molecular weight excluding hydrogens is 394 g/mol. The zero-order valence-corrected chi connectivity index (χ0v) is 15.2. The fourth-order valence-electron chi connectivity index (χ4n) is 1.91. The molecular formula is C18H15BrClNO3. The first-order chi connectivity index (χ1) is 11.5. The second-order valence-corrected chi connectivity index (χ2v) is 6.26. The molecule has 2 aromatic carbocycles. The molecule has 6 heteroatoms. The Morgan fingerprint density at radius 1 is 1.25 bits per heavy atom. The van der Waals surface area contributed by atoms with Crippen LogP contribution < -0.4 is 5.32 Å². The summed E-state index contributed by atoms with van der Waals surface area (Å²) in [5.41, 5.74) is 2.30. The highest BCUT2D eigenvalue weighted by atomic mass is 79.9. The lowest BCUT2D eigenvalue weighted by molar-refractivity contribution is -0.142. The average molecular weight is 409 g/mol. The van der Waals surface area contributed by atoms with E-state index in [0.29, 0.717) is 10.7 Å². The Kier molecular flexibility index (Phi) is 6.58. The van der Waals surface area contributed by atoms with Crippen LogP contribution in [0.25, 0.3) is 6.08 Å². The molecule has 2 rings (SSSR count). The number of carbonyl (C=O) groups excluding carboxylic acids is 2. The summed E-state index contributed by atoms with van der Waals surface area (Å²) < 4.78 is 5.79. The first-order valence-corrected chi connectivity index (χ1v) is 8.28. The monoisotopic (exact) mass is 407 g/mol. The van der Waals surface area contributed by atoms with E-state index in [9.17, 15) is 9.59 Å². The summed E-state index contributed by atoms with van der Waals surface area (Å²) >= 11 is 9.24. The number of halogens is 2. The summed E-state index contributed by atoms with van der Waals surface area (Å²) in [6, 6.07) is 12.6. The van der Waals surface area contributed by atoms with Gasteiger partial charge < -0.3 is 10.1 Å². The van der Waals surface area contributed by atoms with Gasteiger partial charge in [-0.2, -0.15) is 0 Å². The van der Waals surface area contributed by atoms with E-state index < -0.39 is 11.9 Å². The molecule has 0 fully saturated rings. The summed E-state index contributed by atoms with van der Waals surface area (Å²) in [5, 5.41) is 3.26. The molecule has 124 valence electrons. The summed E-state index contributed by atoms with van der Waals surface area (Å²) in [5.74, 6) is -1.00. The lowest BCUT2D eigenvalue weighted by atomic mass is 10.2. The summed E-state index contributed by atoms with van der Waals surface area (Å²) in [6.07, 6.45) is 2.90. The Morgan fingerprint density at radius 2 is 2.00 bits per heavy atom. The van der Waals surface area contributed by atoms with Crippen molar-refractivity contribution in [1.29, 1.82) is 0 Å². The molecule has 0 saturated heterocycles. The summed E-state index contributed by atoms with van der Waals surface area (Å²) in [6.45, 7) is 1.47. The lowest BCUT2D eigenvalue weighted by Crippen LogP contribution is -2.20. The van der Waals surface area contributed by atoms with Gasteiger partial charge in [0.15, 0.2) is 6.61 Å². The SMILES string of the molecule is Cc1cc(Cl)ccc1NC(=O)COC(=O)/C=C/c1ccccc1Br. The Bertz CT molecular complexity index is 790. The molecule has 4 nitrogen and oxygen atoms in total. The molecule has 2 aromatic rings. The van der Waals surface area contributed by atoms with E-state index in [4.69, 9.17) is 16.3 Å². The predicted molar refractivity (Wildman–Crippen MR) is 99.0 cm³/mol. The van der Waals surface area contributed by atoms with E-state index in [2.05, 4.69) is 21.2 Å². The van der Waals surface area contributed by atoms with E-state index in [-0.39, 0.29) is 6.61 Å². The third kappa shape index (κ3) is 5.51. The summed E-state index contributed by atoms with van der Waals surface area (Å²) in [7, 11) is 0. The van der Waals surface area contributed by atoms with Gasteiger partial charge in [0, 0.05) is 21.3 Å². The van der Waals surface area contributed by atoms with E-state index in [1.165, 1.54) is 6.08 Å². The topological polar surface area (TPSA) is 55.4 Å². The van der Waals surface area contributed by atoms with Crippen LogP contribution in [0.15, 0.2) is 53.0 Å². The number of esters is 1. The standard InChI is InChI=1S/C18H15BrClNO3/c1-12-10-14(20)7-8-16(12)21-17(22)11-24-18(23)9-6-13-4-2-3-5-15(13)19/h2-10H,11H2,1H3,(H,21,22)/b9-6+. The molecule has 0 aliphatic rings. The highest BCUT2D eigenvalue weighted by molar-refractivity contribution is 9.10. The number of ether oxygens (including phenoxy) is 1. The predicted octanol–water partition coefficient (Wildman–Crippen LogP) is 4.61. The van der Waals surface area contributed by atoms with Gasteiger partial charge in [-0.3, -0.25) is 4.79 Å². The number of carbonyl (C=O) groups is 2. The Hall–Kier alpha value is -2.11. The molecule has 1 amide bonds. The minimum atomic E-state index is -0.589. The third-order valence-electron chi connectivity index (χ3n) is 3.11. The second kappa shape index (κ2) is 8.66. The average Bonchev–Trinajstić information content (AvgIpc) is 2.55. The van der Waals surface area contributed by atoms with Crippen molar-refractivity contribution in [3.63, 3.8) is 0 Å². The lowest BCUT2D eigenvalue weighted by Gasteiger charge is -2.08. The molecule has 24 heavy (non-hydrogen) atoms. The minimum Gasteiger partial charge on any atom is -0.452 e. The molecule has 0 bridgehead atoms. The van der Waals surface area contributed by atoms with Crippen LogP contribution in [0.5, 0.6) is 0 Å². The normalized spacial score (nSPS) is 10.6. The first kappa shape index (κ1) is 18.2. The Balaban J connectivity index is 1.85. The largest absolute Gasteiger partial charge is 0.452 e. The smallest absolute Gasteiger partial charge is 0.331 e. The number of rotatable bonds is 5. The Morgan fingerprint density at radius 3 is 2.71 bits per heavy atom. The van der Waals surface area contributed by atoms with Crippen LogP contribution in [-0.2, 0) is 14.3 Å².